The van der Waals surface area contributed by atoms with Crippen LogP contribution < -0.4 is 0 Å². The normalized spacial score (nSPS) is 34.3. The van der Waals surface area contributed by atoms with E-state index in [0.717, 1.165) is 19.4 Å². The van der Waals surface area contributed by atoms with Crippen LogP contribution in [0.2, 0.25) is 0 Å². The van der Waals surface area contributed by atoms with E-state index in [1.807, 2.05) is 0 Å². The Morgan fingerprint density at radius 1 is 1.64 bits per heavy atom. The van der Waals surface area contributed by atoms with Gasteiger partial charge in [0.15, 0.2) is 0 Å². The van der Waals surface area contributed by atoms with E-state index in [1.165, 1.54) is 0 Å². The molecule has 1 aliphatic heterocycles. The van der Waals surface area contributed by atoms with Crippen LogP contribution in [0, 0.1) is 5.92 Å². The summed E-state index contributed by atoms with van der Waals surface area (Å²) in [5.74, 6) is 0.759. The first-order valence-electron chi connectivity index (χ1n) is 4.38. The number of hydrogen-bond acceptors (Lipinski definition) is 2. The first-order chi connectivity index (χ1) is 5.15. The lowest BCUT2D eigenvalue weighted by atomic mass is 9.91. The molecule has 0 aromatic carbocycles. The molecule has 1 fully saturated rings. The molecule has 0 bridgehead atoms. The Kier molecular flexibility index (Phi) is 2.66. The Morgan fingerprint density at radius 3 is 2.82 bits per heavy atom. The van der Waals surface area contributed by atoms with Crippen molar-refractivity contribution >= 4 is 5.78 Å². The van der Waals surface area contributed by atoms with Crippen molar-refractivity contribution in [2.75, 3.05) is 13.6 Å². The van der Waals surface area contributed by atoms with Gasteiger partial charge >= 0.3 is 0 Å². The van der Waals surface area contributed by atoms with Gasteiger partial charge in [-0.1, -0.05) is 6.92 Å². The molecule has 0 saturated carbocycles. The molecule has 0 spiro atoms. The van der Waals surface area contributed by atoms with Crippen molar-refractivity contribution in [3.63, 3.8) is 0 Å². The topological polar surface area (TPSA) is 20.3 Å². The van der Waals surface area contributed by atoms with Crippen molar-refractivity contribution < 1.29 is 4.79 Å². The van der Waals surface area contributed by atoms with Crippen molar-refractivity contribution in [2.24, 2.45) is 5.92 Å². The van der Waals surface area contributed by atoms with Crippen molar-refractivity contribution in [3.05, 3.63) is 0 Å². The number of likely N-dealkylation sites (tertiary alicyclic amines) is 1. The van der Waals surface area contributed by atoms with Crippen LogP contribution in [0.5, 0.6) is 0 Å². The second-order valence-electron chi connectivity index (χ2n) is 3.56. The molecular formula is C9H17NO. The summed E-state index contributed by atoms with van der Waals surface area (Å²) in [6, 6.07) is 0.449. The largest absolute Gasteiger partial charge is 0.303 e. The maximum absolute atomic E-state index is 11.4. The Balaban J connectivity index is 2.55. The number of rotatable bonds is 1. The number of nitrogens with zero attached hydrogens (tertiary/aromatic N) is 1. The van der Waals surface area contributed by atoms with E-state index in [1.54, 1.807) is 0 Å². The van der Waals surface area contributed by atoms with Crippen LogP contribution in [-0.2, 0) is 4.79 Å². The minimum absolute atomic E-state index is 0.302. The number of hydrogen-bond donors (Lipinski definition) is 0. The molecule has 2 atom stereocenters. The molecule has 1 aliphatic rings. The number of Topliss-reactive ketones (excluding diaryl/α,β-unsaturated/α-hetero) is 1. The number of carbonyl (C=O) groups excluding carboxylic acids is 1. The molecule has 2 nitrogen and oxygen atoms in total. The highest BCUT2D eigenvalue weighted by Crippen LogP contribution is 2.18. The van der Waals surface area contributed by atoms with Gasteiger partial charge in [0.05, 0.1) is 0 Å². The summed E-state index contributed by atoms with van der Waals surface area (Å²) in [6.07, 6.45) is 1.74. The SMILES string of the molecule is CCC1CN(C)C(C)CC1=O. The van der Waals surface area contributed by atoms with Crippen molar-refractivity contribution in [1.29, 1.82) is 0 Å². The van der Waals surface area contributed by atoms with Crippen LogP contribution in [0.4, 0.5) is 0 Å². The molecule has 64 valence electrons. The third-order valence-corrected chi connectivity index (χ3v) is 2.71. The zero-order valence-electron chi connectivity index (χ0n) is 7.63. The van der Waals surface area contributed by atoms with E-state index in [4.69, 9.17) is 0 Å². The zero-order valence-corrected chi connectivity index (χ0v) is 7.63. The van der Waals surface area contributed by atoms with Crippen LogP contribution in [0.1, 0.15) is 26.7 Å². The molecule has 0 aromatic heterocycles. The fourth-order valence-electron chi connectivity index (χ4n) is 1.60. The van der Waals surface area contributed by atoms with Crippen LogP contribution in [0.15, 0.2) is 0 Å². The molecule has 0 radical (unpaired) electrons. The first kappa shape index (κ1) is 8.72. The second kappa shape index (κ2) is 3.35. The van der Waals surface area contributed by atoms with Gasteiger partial charge in [-0.25, -0.2) is 0 Å². The van der Waals surface area contributed by atoms with E-state index in [9.17, 15) is 4.79 Å². The smallest absolute Gasteiger partial charge is 0.138 e. The average molecular weight is 155 g/mol. The molecule has 0 aliphatic carbocycles. The average Bonchev–Trinajstić information content (AvgIpc) is 1.97. The second-order valence-corrected chi connectivity index (χ2v) is 3.56. The quantitative estimate of drug-likeness (QED) is 0.569. The highest BCUT2D eigenvalue weighted by molar-refractivity contribution is 5.82. The first-order valence-corrected chi connectivity index (χ1v) is 4.38. The number of piperidine rings is 1. The monoisotopic (exact) mass is 155 g/mol. The van der Waals surface area contributed by atoms with Crippen molar-refractivity contribution in [2.45, 2.75) is 32.7 Å². The van der Waals surface area contributed by atoms with Gasteiger partial charge in [0.2, 0.25) is 0 Å². The predicted octanol–water partition coefficient (Wildman–Crippen LogP) is 1.31. The van der Waals surface area contributed by atoms with Crippen LogP contribution in [0.3, 0.4) is 0 Å². The van der Waals surface area contributed by atoms with Crippen molar-refractivity contribution in [1.82, 2.24) is 4.90 Å². The fraction of sp³-hybridized carbons (Fsp3) is 0.889. The van der Waals surface area contributed by atoms with Gasteiger partial charge in [0.1, 0.15) is 5.78 Å². The zero-order chi connectivity index (χ0) is 8.43. The molecule has 0 aromatic rings. The summed E-state index contributed by atoms with van der Waals surface area (Å²) >= 11 is 0. The van der Waals surface area contributed by atoms with E-state index >= 15 is 0 Å². The molecule has 2 heteroatoms. The highest BCUT2D eigenvalue weighted by atomic mass is 16.1. The van der Waals surface area contributed by atoms with E-state index in [-0.39, 0.29) is 0 Å². The van der Waals surface area contributed by atoms with Crippen LogP contribution in [0.25, 0.3) is 0 Å². The molecule has 0 amide bonds. The maximum Gasteiger partial charge on any atom is 0.138 e. The maximum atomic E-state index is 11.4. The van der Waals surface area contributed by atoms with Gasteiger partial charge in [-0.3, -0.25) is 4.79 Å². The third kappa shape index (κ3) is 1.80. The number of carbonyl (C=O) groups is 1. The van der Waals surface area contributed by atoms with Crippen LogP contribution >= 0.6 is 0 Å². The van der Waals surface area contributed by atoms with Gasteiger partial charge in [0.25, 0.3) is 0 Å². The predicted molar refractivity (Wildman–Crippen MR) is 45.5 cm³/mol. The summed E-state index contributed by atoms with van der Waals surface area (Å²) in [4.78, 5) is 13.6. The third-order valence-electron chi connectivity index (χ3n) is 2.71. The molecule has 0 N–H and O–H groups in total. The molecule has 1 saturated heterocycles. The lowest BCUT2D eigenvalue weighted by Gasteiger charge is -2.33. The Hall–Kier alpha value is -0.370. The summed E-state index contributed by atoms with van der Waals surface area (Å²) in [5.41, 5.74) is 0. The molecule has 2 unspecified atom stereocenters. The van der Waals surface area contributed by atoms with E-state index < -0.39 is 0 Å². The standard InChI is InChI=1S/C9H17NO/c1-4-8-6-10(3)7(2)5-9(8)11/h7-8H,4-6H2,1-3H3. The summed E-state index contributed by atoms with van der Waals surface area (Å²) < 4.78 is 0. The van der Waals surface area contributed by atoms with E-state index in [0.29, 0.717) is 17.7 Å². The summed E-state index contributed by atoms with van der Waals surface area (Å²) in [7, 11) is 2.10. The van der Waals surface area contributed by atoms with Gasteiger partial charge in [-0.05, 0) is 20.4 Å². The molecule has 1 rings (SSSR count). The molecular weight excluding hydrogens is 138 g/mol. The molecule has 11 heavy (non-hydrogen) atoms. The Bertz CT molecular complexity index is 156. The Labute approximate surface area is 68.6 Å². The number of ketones is 1. The molecule has 1 heterocycles. The van der Waals surface area contributed by atoms with E-state index in [2.05, 4.69) is 25.8 Å². The summed E-state index contributed by atoms with van der Waals surface area (Å²) in [6.45, 7) is 5.16. The fourth-order valence-corrected chi connectivity index (χ4v) is 1.60. The highest BCUT2D eigenvalue weighted by Gasteiger charge is 2.27. The Morgan fingerprint density at radius 2 is 2.27 bits per heavy atom. The lowest BCUT2D eigenvalue weighted by molar-refractivity contribution is -0.127. The van der Waals surface area contributed by atoms with Crippen LogP contribution in [-0.4, -0.2) is 30.3 Å². The van der Waals surface area contributed by atoms with Gasteiger partial charge in [-0.2, -0.15) is 0 Å². The summed E-state index contributed by atoms with van der Waals surface area (Å²) in [5, 5.41) is 0. The van der Waals surface area contributed by atoms with Gasteiger partial charge < -0.3 is 4.90 Å². The lowest BCUT2D eigenvalue weighted by Crippen LogP contribution is -2.43. The minimum atomic E-state index is 0.302. The van der Waals surface area contributed by atoms with Gasteiger partial charge in [0, 0.05) is 24.9 Å². The van der Waals surface area contributed by atoms with Crippen molar-refractivity contribution in [3.8, 4) is 0 Å². The van der Waals surface area contributed by atoms with Gasteiger partial charge in [-0.15, -0.1) is 0 Å². The minimum Gasteiger partial charge on any atom is -0.303 e.